The predicted molar refractivity (Wildman–Crippen MR) is 102 cm³/mol. The molecule has 0 aliphatic carbocycles. The van der Waals surface area contributed by atoms with Crippen molar-refractivity contribution in [1.82, 2.24) is 19.4 Å². The van der Waals surface area contributed by atoms with Crippen LogP contribution in [0.25, 0.3) is 10.9 Å². The van der Waals surface area contributed by atoms with Crippen LogP contribution in [0.3, 0.4) is 0 Å². The van der Waals surface area contributed by atoms with Gasteiger partial charge in [-0.2, -0.15) is 0 Å². The molecule has 7 heteroatoms. The van der Waals surface area contributed by atoms with E-state index < -0.39 is 0 Å². The van der Waals surface area contributed by atoms with Crippen LogP contribution in [0, 0.1) is 0 Å². The van der Waals surface area contributed by atoms with Gasteiger partial charge in [-0.05, 0) is 31.0 Å². The predicted octanol–water partition coefficient (Wildman–Crippen LogP) is 1.96. The summed E-state index contributed by atoms with van der Waals surface area (Å²) in [6.07, 6.45) is 9.32. The summed E-state index contributed by atoms with van der Waals surface area (Å²) >= 11 is 0. The fraction of sp³-hybridized carbons (Fsp3) is 0.350. The average molecular weight is 365 g/mol. The largest absolute Gasteiger partial charge is 0.490 e. The summed E-state index contributed by atoms with van der Waals surface area (Å²) in [5.41, 5.74) is 7.43. The van der Waals surface area contributed by atoms with Crippen molar-refractivity contribution in [3.8, 4) is 5.75 Å². The zero-order valence-electron chi connectivity index (χ0n) is 15.1. The van der Waals surface area contributed by atoms with Gasteiger partial charge in [-0.15, -0.1) is 0 Å². The van der Waals surface area contributed by atoms with Crippen molar-refractivity contribution >= 4 is 16.8 Å². The van der Waals surface area contributed by atoms with Gasteiger partial charge in [0.25, 0.3) is 0 Å². The molecule has 3 aromatic rings. The van der Waals surface area contributed by atoms with Gasteiger partial charge in [0, 0.05) is 49.2 Å². The number of likely N-dealkylation sites (tertiary alicyclic amines) is 1. The topological polar surface area (TPSA) is 86.3 Å². The lowest BCUT2D eigenvalue weighted by atomic mass is 10.1. The summed E-state index contributed by atoms with van der Waals surface area (Å²) in [5.74, 6) is 0.514. The Morgan fingerprint density at radius 2 is 1.96 bits per heavy atom. The molecule has 1 saturated heterocycles. The number of carbonyl (C=O) groups excluding carboxylic acids is 1. The monoisotopic (exact) mass is 365 g/mol. The maximum Gasteiger partial charge on any atom is 0.237 e. The molecule has 0 unspecified atom stereocenters. The van der Waals surface area contributed by atoms with Crippen molar-refractivity contribution in [2.45, 2.75) is 32.0 Å². The van der Waals surface area contributed by atoms with Gasteiger partial charge >= 0.3 is 0 Å². The van der Waals surface area contributed by atoms with Gasteiger partial charge in [0.2, 0.25) is 5.91 Å². The van der Waals surface area contributed by atoms with Gasteiger partial charge in [0.15, 0.2) is 0 Å². The minimum absolute atomic E-state index is 0.175. The van der Waals surface area contributed by atoms with Crippen LogP contribution in [0.2, 0.25) is 0 Å². The molecular weight excluding hydrogens is 342 g/mol. The van der Waals surface area contributed by atoms with E-state index in [-0.39, 0.29) is 18.6 Å². The molecule has 2 N–H and O–H groups in total. The van der Waals surface area contributed by atoms with Gasteiger partial charge in [0.05, 0.1) is 5.52 Å². The van der Waals surface area contributed by atoms with E-state index in [0.717, 1.165) is 54.7 Å². The summed E-state index contributed by atoms with van der Waals surface area (Å²) in [6, 6.07) is 7.91. The van der Waals surface area contributed by atoms with E-state index in [9.17, 15) is 4.79 Å². The molecule has 3 heterocycles. The third-order valence-corrected chi connectivity index (χ3v) is 4.95. The van der Waals surface area contributed by atoms with Crippen LogP contribution in [0.5, 0.6) is 5.75 Å². The Morgan fingerprint density at radius 3 is 2.70 bits per heavy atom. The van der Waals surface area contributed by atoms with Crippen LogP contribution >= 0.6 is 0 Å². The first kappa shape index (κ1) is 17.5. The summed E-state index contributed by atoms with van der Waals surface area (Å²) in [4.78, 5) is 21.8. The molecule has 0 radical (unpaired) electrons. The highest BCUT2D eigenvalue weighted by molar-refractivity contribution is 5.87. The van der Waals surface area contributed by atoms with Gasteiger partial charge in [-0.1, -0.05) is 6.07 Å². The molecule has 1 fully saturated rings. The maximum absolute atomic E-state index is 11.2. The van der Waals surface area contributed by atoms with E-state index in [1.165, 1.54) is 0 Å². The maximum atomic E-state index is 11.2. The van der Waals surface area contributed by atoms with Gasteiger partial charge in [-0.3, -0.25) is 9.69 Å². The summed E-state index contributed by atoms with van der Waals surface area (Å²) in [6.45, 7) is 3.02. The Bertz CT molecular complexity index is 917. The summed E-state index contributed by atoms with van der Waals surface area (Å²) in [5, 5.41) is 1.02. The number of rotatable bonds is 6. The van der Waals surface area contributed by atoms with Crippen LogP contribution in [0.15, 0.2) is 49.2 Å². The number of ether oxygens (including phenoxy) is 1. The number of piperidine rings is 1. The zero-order chi connectivity index (χ0) is 18.6. The molecule has 1 amide bonds. The number of benzene rings is 1. The fourth-order valence-corrected chi connectivity index (χ4v) is 3.64. The second-order valence-corrected chi connectivity index (χ2v) is 6.94. The second-order valence-electron chi connectivity index (χ2n) is 6.94. The van der Waals surface area contributed by atoms with E-state index in [4.69, 9.17) is 10.5 Å². The highest BCUT2D eigenvalue weighted by Gasteiger charge is 2.21. The van der Waals surface area contributed by atoms with Crippen molar-refractivity contribution in [1.29, 1.82) is 0 Å². The van der Waals surface area contributed by atoms with Crippen molar-refractivity contribution in [2.24, 2.45) is 5.73 Å². The second kappa shape index (κ2) is 7.75. The molecular formula is C20H23N5O2. The SMILES string of the molecule is NC(=O)Cn1ccc2c(OC3CCN(Cc4cncnc4)CC3)cccc21. The molecule has 0 saturated carbocycles. The lowest BCUT2D eigenvalue weighted by Gasteiger charge is -2.32. The number of nitrogens with two attached hydrogens (primary N) is 1. The third kappa shape index (κ3) is 4.09. The highest BCUT2D eigenvalue weighted by Crippen LogP contribution is 2.29. The van der Waals surface area contributed by atoms with Crippen LogP contribution in [-0.2, 0) is 17.9 Å². The minimum Gasteiger partial charge on any atom is -0.490 e. The van der Waals surface area contributed by atoms with E-state index in [1.807, 2.05) is 47.4 Å². The van der Waals surface area contributed by atoms with Crippen molar-refractivity contribution in [2.75, 3.05) is 13.1 Å². The molecule has 27 heavy (non-hydrogen) atoms. The number of fused-ring (bicyclic) bond motifs is 1. The van der Waals surface area contributed by atoms with Crippen molar-refractivity contribution in [3.63, 3.8) is 0 Å². The summed E-state index contributed by atoms with van der Waals surface area (Å²) < 4.78 is 8.16. The normalized spacial score (nSPS) is 15.9. The Labute approximate surface area is 157 Å². The van der Waals surface area contributed by atoms with Crippen molar-refractivity contribution < 1.29 is 9.53 Å². The molecule has 2 aromatic heterocycles. The number of nitrogens with zero attached hydrogens (tertiary/aromatic N) is 4. The lowest BCUT2D eigenvalue weighted by molar-refractivity contribution is -0.118. The Balaban J connectivity index is 1.39. The molecule has 1 aliphatic heterocycles. The zero-order valence-corrected chi connectivity index (χ0v) is 15.1. The van der Waals surface area contributed by atoms with Crippen molar-refractivity contribution in [3.05, 3.63) is 54.7 Å². The standard InChI is InChI=1S/C20H23N5O2/c21-20(26)13-25-9-6-17-18(25)2-1-3-19(17)27-16-4-7-24(8-5-16)12-15-10-22-14-23-11-15/h1-3,6,9-11,14,16H,4-5,7-8,12-13H2,(H2,21,26). The van der Waals surface area contributed by atoms with Crippen LogP contribution in [0.1, 0.15) is 18.4 Å². The number of amides is 1. The fourth-order valence-electron chi connectivity index (χ4n) is 3.64. The van der Waals surface area contributed by atoms with E-state index in [2.05, 4.69) is 14.9 Å². The van der Waals surface area contributed by atoms with E-state index in [0.29, 0.717) is 0 Å². The Hall–Kier alpha value is -2.93. The Morgan fingerprint density at radius 1 is 1.19 bits per heavy atom. The number of aromatic nitrogens is 3. The van der Waals surface area contributed by atoms with Crippen LogP contribution < -0.4 is 10.5 Å². The van der Waals surface area contributed by atoms with E-state index in [1.54, 1.807) is 6.33 Å². The van der Waals surface area contributed by atoms with Gasteiger partial charge in [0.1, 0.15) is 24.7 Å². The Kier molecular flexibility index (Phi) is 5.02. The first-order valence-corrected chi connectivity index (χ1v) is 9.18. The molecule has 1 aromatic carbocycles. The summed E-state index contributed by atoms with van der Waals surface area (Å²) in [7, 11) is 0. The molecule has 0 spiro atoms. The third-order valence-electron chi connectivity index (χ3n) is 4.95. The van der Waals surface area contributed by atoms with Gasteiger partial charge in [-0.25, -0.2) is 9.97 Å². The molecule has 0 bridgehead atoms. The molecule has 4 rings (SSSR count). The lowest BCUT2D eigenvalue weighted by Crippen LogP contribution is -2.37. The number of carbonyl (C=O) groups is 1. The first-order chi connectivity index (χ1) is 13.2. The van der Waals surface area contributed by atoms with Crippen LogP contribution in [0.4, 0.5) is 0 Å². The molecule has 140 valence electrons. The minimum atomic E-state index is -0.352. The van der Waals surface area contributed by atoms with Gasteiger partial charge < -0.3 is 15.0 Å². The van der Waals surface area contributed by atoms with E-state index >= 15 is 0 Å². The van der Waals surface area contributed by atoms with Crippen LogP contribution in [-0.4, -0.2) is 44.5 Å². The number of primary amides is 1. The molecule has 7 nitrogen and oxygen atoms in total. The number of hydrogen-bond donors (Lipinski definition) is 1. The number of hydrogen-bond acceptors (Lipinski definition) is 5. The average Bonchev–Trinajstić information content (AvgIpc) is 3.08. The highest BCUT2D eigenvalue weighted by atomic mass is 16.5. The smallest absolute Gasteiger partial charge is 0.237 e. The first-order valence-electron chi connectivity index (χ1n) is 9.18. The molecule has 0 atom stereocenters. The molecule has 1 aliphatic rings. The quantitative estimate of drug-likeness (QED) is 0.722.